The zero-order valence-electron chi connectivity index (χ0n) is 17.6. The Morgan fingerprint density at radius 1 is 0.939 bits per heavy atom. The lowest BCUT2D eigenvalue weighted by atomic mass is 10.1. The number of amides is 2. The third kappa shape index (κ3) is 6.21. The van der Waals surface area contributed by atoms with Crippen LogP contribution in [-0.4, -0.2) is 14.4 Å². The Morgan fingerprint density at radius 2 is 1.67 bits per heavy atom. The van der Waals surface area contributed by atoms with Gasteiger partial charge in [-0.2, -0.15) is 0 Å². The molecule has 0 atom stereocenters. The highest BCUT2D eigenvalue weighted by Crippen LogP contribution is 2.26. The topological polar surface area (TPSA) is 75.3 Å². The molecule has 1 aliphatic rings. The van der Waals surface area contributed by atoms with Gasteiger partial charge >= 0.3 is 6.03 Å². The van der Waals surface area contributed by atoms with Gasteiger partial charge in [-0.25, -0.2) is 13.2 Å². The number of urea groups is 1. The van der Waals surface area contributed by atoms with E-state index in [9.17, 15) is 13.2 Å². The molecule has 174 valence electrons. The first-order chi connectivity index (χ1) is 15.3. The van der Waals surface area contributed by atoms with Gasteiger partial charge in [-0.15, -0.1) is 0 Å². The number of halogens is 3. The number of benzene rings is 3. The van der Waals surface area contributed by atoms with Gasteiger partial charge in [0.15, 0.2) is 9.84 Å². The number of hydrogen-bond donors (Lipinski definition) is 2. The molecule has 0 saturated heterocycles. The molecule has 33 heavy (non-hydrogen) atoms. The van der Waals surface area contributed by atoms with Gasteiger partial charge in [0.05, 0.1) is 20.7 Å². The summed E-state index contributed by atoms with van der Waals surface area (Å²) >= 11 is 12.1. The van der Waals surface area contributed by atoms with Crippen LogP contribution in [0.2, 0.25) is 10.0 Å². The van der Waals surface area contributed by atoms with E-state index in [1.807, 2.05) is 18.2 Å². The molecule has 0 aliphatic heterocycles. The highest BCUT2D eigenvalue weighted by Gasteiger charge is 2.18. The highest BCUT2D eigenvalue weighted by atomic mass is 35.5. The van der Waals surface area contributed by atoms with Gasteiger partial charge in [0.2, 0.25) is 0 Å². The molecule has 3 aromatic carbocycles. The summed E-state index contributed by atoms with van der Waals surface area (Å²) in [5.74, 6) is -0.0477. The van der Waals surface area contributed by atoms with Crippen molar-refractivity contribution in [2.24, 2.45) is 0 Å². The van der Waals surface area contributed by atoms with Crippen molar-refractivity contribution >= 4 is 44.8 Å². The maximum Gasteiger partial charge on any atom is 0.319 e. The second kappa shape index (κ2) is 10.8. The summed E-state index contributed by atoms with van der Waals surface area (Å²) in [6, 6.07) is 16.9. The average Bonchev–Trinajstić information content (AvgIpc) is 3.23. The number of carbonyl (C=O) groups excluding carboxylic acids is 1. The SMILES string of the molecule is O=C(NCc1cccc(Cl)c1Cl)Nc1ccc(S(=O)(=O)Cc2ccc3c(c2)CCC3)cc1.[Cl-]. The van der Waals surface area contributed by atoms with E-state index in [2.05, 4.69) is 10.6 Å². The molecule has 4 rings (SSSR count). The minimum Gasteiger partial charge on any atom is -1.00 e. The maximum atomic E-state index is 12.8. The van der Waals surface area contributed by atoms with Gasteiger partial charge in [-0.1, -0.05) is 53.5 Å². The Balaban J connectivity index is 0.00000306. The van der Waals surface area contributed by atoms with E-state index < -0.39 is 15.9 Å². The van der Waals surface area contributed by atoms with Crippen LogP contribution in [-0.2, 0) is 35.0 Å². The summed E-state index contributed by atoms with van der Waals surface area (Å²) in [5.41, 5.74) is 4.55. The van der Waals surface area contributed by atoms with Crippen LogP contribution in [0.3, 0.4) is 0 Å². The number of sulfone groups is 1. The van der Waals surface area contributed by atoms with Gasteiger partial charge in [0.25, 0.3) is 0 Å². The second-order valence-electron chi connectivity index (χ2n) is 7.76. The summed E-state index contributed by atoms with van der Waals surface area (Å²) in [4.78, 5) is 12.4. The lowest BCUT2D eigenvalue weighted by molar-refractivity contribution is -0.0000118. The second-order valence-corrected chi connectivity index (χ2v) is 10.5. The zero-order chi connectivity index (χ0) is 22.7. The standard InChI is InChI=1S/C24H22Cl2N2O3S.ClH/c25-22-6-2-5-19(23(22)26)14-27-24(29)28-20-9-11-21(12-10-20)32(30,31)15-16-7-8-17-3-1-4-18(17)13-16;/h2,5-13H,1,3-4,14-15H2,(H2,27,28,29);1H/p-1. The molecule has 3 aromatic rings. The van der Waals surface area contributed by atoms with Gasteiger partial charge in [0, 0.05) is 12.2 Å². The number of nitrogens with one attached hydrogen (secondary N) is 2. The molecule has 9 heteroatoms. The molecule has 0 spiro atoms. The number of aryl methyl sites for hydroxylation is 2. The predicted octanol–water partition coefficient (Wildman–Crippen LogP) is 2.78. The lowest BCUT2D eigenvalue weighted by Crippen LogP contribution is -3.00. The first kappa shape index (κ1) is 25.4. The fourth-order valence-corrected chi connectivity index (χ4v) is 5.52. The van der Waals surface area contributed by atoms with Crippen LogP contribution in [0.5, 0.6) is 0 Å². The molecule has 0 unspecified atom stereocenters. The van der Waals surface area contributed by atoms with E-state index in [0.717, 1.165) is 24.8 Å². The van der Waals surface area contributed by atoms with E-state index in [0.29, 0.717) is 21.3 Å². The molecule has 2 N–H and O–H groups in total. The van der Waals surface area contributed by atoms with Gasteiger partial charge in [0.1, 0.15) is 0 Å². The van der Waals surface area contributed by atoms with Crippen molar-refractivity contribution in [1.82, 2.24) is 5.32 Å². The van der Waals surface area contributed by atoms with Crippen molar-refractivity contribution in [2.45, 2.75) is 36.5 Å². The summed E-state index contributed by atoms with van der Waals surface area (Å²) in [6.07, 6.45) is 3.20. The fraction of sp³-hybridized carbons (Fsp3) is 0.208. The van der Waals surface area contributed by atoms with Crippen LogP contribution in [0.15, 0.2) is 65.6 Å². The van der Waals surface area contributed by atoms with Crippen molar-refractivity contribution in [1.29, 1.82) is 0 Å². The van der Waals surface area contributed by atoms with Gasteiger partial charge < -0.3 is 23.0 Å². The minimum absolute atomic E-state index is 0. The van der Waals surface area contributed by atoms with Gasteiger partial charge in [-0.05, 0) is 71.8 Å². The largest absolute Gasteiger partial charge is 1.00 e. The molecule has 0 aromatic heterocycles. The molecule has 0 radical (unpaired) electrons. The third-order valence-electron chi connectivity index (χ3n) is 5.46. The summed E-state index contributed by atoms with van der Waals surface area (Å²) < 4.78 is 25.7. The fourth-order valence-electron chi connectivity index (χ4n) is 3.80. The highest BCUT2D eigenvalue weighted by molar-refractivity contribution is 7.90. The quantitative estimate of drug-likeness (QED) is 0.521. The average molecular weight is 525 g/mol. The van der Waals surface area contributed by atoms with E-state index in [4.69, 9.17) is 23.2 Å². The Labute approximate surface area is 209 Å². The lowest BCUT2D eigenvalue weighted by Gasteiger charge is -2.10. The Hall–Kier alpha value is -2.25. The smallest absolute Gasteiger partial charge is 0.319 e. The van der Waals surface area contributed by atoms with Crippen LogP contribution in [0.4, 0.5) is 10.5 Å². The number of fused-ring (bicyclic) bond motifs is 1. The van der Waals surface area contributed by atoms with Crippen molar-refractivity contribution in [3.63, 3.8) is 0 Å². The molecule has 0 saturated carbocycles. The molecule has 0 bridgehead atoms. The van der Waals surface area contributed by atoms with E-state index in [1.165, 1.54) is 23.3 Å². The molecule has 0 fully saturated rings. The van der Waals surface area contributed by atoms with Crippen molar-refractivity contribution in [2.75, 3.05) is 5.32 Å². The van der Waals surface area contributed by atoms with Gasteiger partial charge in [-0.3, -0.25) is 0 Å². The maximum absolute atomic E-state index is 12.8. The number of rotatable bonds is 6. The van der Waals surface area contributed by atoms with Crippen molar-refractivity contribution < 1.29 is 25.6 Å². The molecule has 5 nitrogen and oxygen atoms in total. The Kier molecular flexibility index (Phi) is 8.29. The van der Waals surface area contributed by atoms with Crippen LogP contribution in [0, 0.1) is 0 Å². The summed E-state index contributed by atoms with van der Waals surface area (Å²) in [7, 11) is -3.49. The van der Waals surface area contributed by atoms with Crippen LogP contribution >= 0.6 is 23.2 Å². The molecule has 0 heterocycles. The number of anilines is 1. The van der Waals surface area contributed by atoms with Crippen LogP contribution < -0.4 is 23.0 Å². The first-order valence-electron chi connectivity index (χ1n) is 10.2. The Morgan fingerprint density at radius 3 is 2.42 bits per heavy atom. The Bertz CT molecular complexity index is 1260. The van der Waals surface area contributed by atoms with Crippen molar-refractivity contribution in [3.8, 4) is 0 Å². The molecular weight excluding hydrogens is 503 g/mol. The van der Waals surface area contributed by atoms with Crippen LogP contribution in [0.25, 0.3) is 0 Å². The van der Waals surface area contributed by atoms with Crippen molar-refractivity contribution in [3.05, 3.63) is 93.0 Å². The zero-order valence-corrected chi connectivity index (χ0v) is 20.7. The number of hydrogen-bond acceptors (Lipinski definition) is 3. The molecule has 2 amide bonds. The summed E-state index contributed by atoms with van der Waals surface area (Å²) in [6.45, 7) is 0.207. The molecule has 1 aliphatic carbocycles. The predicted molar refractivity (Wildman–Crippen MR) is 128 cm³/mol. The van der Waals surface area contributed by atoms with E-state index >= 15 is 0 Å². The van der Waals surface area contributed by atoms with E-state index in [-0.39, 0.29) is 29.6 Å². The van der Waals surface area contributed by atoms with Crippen LogP contribution in [0.1, 0.15) is 28.7 Å². The minimum atomic E-state index is -3.49. The molecular formula is C24H22Cl3N2O3S-. The third-order valence-corrected chi connectivity index (χ3v) is 8.02. The number of carbonyl (C=O) groups is 1. The summed E-state index contributed by atoms with van der Waals surface area (Å²) in [5, 5.41) is 6.20. The first-order valence-corrected chi connectivity index (χ1v) is 12.6. The van der Waals surface area contributed by atoms with E-state index in [1.54, 1.807) is 30.3 Å². The normalized spacial score (nSPS) is 12.5. The monoisotopic (exact) mass is 523 g/mol.